The summed E-state index contributed by atoms with van der Waals surface area (Å²) < 4.78 is 6.62. The lowest BCUT2D eigenvalue weighted by Gasteiger charge is -2.09. The predicted octanol–water partition coefficient (Wildman–Crippen LogP) is 6.03. The van der Waals surface area contributed by atoms with Gasteiger partial charge in [0.2, 0.25) is 5.91 Å². The third-order valence-electron chi connectivity index (χ3n) is 3.94. The number of rotatable bonds is 7. The molecule has 0 spiro atoms. The summed E-state index contributed by atoms with van der Waals surface area (Å²) in [5, 5.41) is 5.33. The van der Waals surface area contributed by atoms with Gasteiger partial charge in [0.1, 0.15) is 12.4 Å². The minimum Gasteiger partial charge on any atom is -0.488 e. The summed E-state index contributed by atoms with van der Waals surface area (Å²) in [5.41, 5.74) is 5.23. The van der Waals surface area contributed by atoms with Gasteiger partial charge in [0.15, 0.2) is 0 Å². The van der Waals surface area contributed by atoms with E-state index >= 15 is 0 Å². The molecule has 0 atom stereocenters. The van der Waals surface area contributed by atoms with Gasteiger partial charge in [-0.15, -0.1) is 0 Å². The summed E-state index contributed by atoms with van der Waals surface area (Å²) in [6.07, 6.45) is 1.81. The number of carbonyl (C=O) groups is 1. The van der Waals surface area contributed by atoms with Crippen molar-refractivity contribution in [3.05, 3.63) is 97.9 Å². The van der Waals surface area contributed by atoms with E-state index in [1.165, 1.54) is 0 Å². The first-order valence-electron chi connectivity index (χ1n) is 8.73. The molecule has 3 aromatic carbocycles. The molecule has 3 rings (SSSR count). The Balaban J connectivity index is 1.51. The Morgan fingerprint density at radius 3 is 2.21 bits per heavy atom. The monoisotopic (exact) mass is 490 g/mol. The van der Waals surface area contributed by atoms with Crippen LogP contribution >= 0.6 is 39.1 Å². The van der Waals surface area contributed by atoms with E-state index < -0.39 is 0 Å². The molecule has 4 nitrogen and oxygen atoms in total. The molecule has 0 aromatic heterocycles. The smallest absolute Gasteiger partial charge is 0.244 e. The van der Waals surface area contributed by atoms with Gasteiger partial charge in [-0.25, -0.2) is 5.43 Å². The zero-order chi connectivity index (χ0) is 20.6. The Labute approximate surface area is 187 Å². The molecule has 0 aliphatic rings. The Bertz CT molecular complexity index is 1010. The Kier molecular flexibility index (Phi) is 7.69. The van der Waals surface area contributed by atoms with Crippen LogP contribution in [0.3, 0.4) is 0 Å². The molecule has 3 aromatic rings. The lowest BCUT2D eigenvalue weighted by Crippen LogP contribution is -2.19. The first-order valence-corrected chi connectivity index (χ1v) is 10.3. The largest absolute Gasteiger partial charge is 0.488 e. The number of amides is 1. The topological polar surface area (TPSA) is 50.7 Å². The lowest BCUT2D eigenvalue weighted by atomic mass is 10.1. The molecule has 0 bridgehead atoms. The number of hydrogen-bond donors (Lipinski definition) is 1. The number of carbonyl (C=O) groups excluding carboxylic acids is 1. The average molecular weight is 492 g/mol. The summed E-state index contributed by atoms with van der Waals surface area (Å²) in [6, 6.07) is 20.2. The van der Waals surface area contributed by atoms with Crippen molar-refractivity contribution in [3.8, 4) is 5.75 Å². The van der Waals surface area contributed by atoms with Crippen molar-refractivity contribution in [2.45, 2.75) is 13.0 Å². The molecule has 0 aliphatic carbocycles. The van der Waals surface area contributed by atoms with Gasteiger partial charge in [0, 0.05) is 10.0 Å². The second kappa shape index (κ2) is 10.4. The summed E-state index contributed by atoms with van der Waals surface area (Å²) in [5.74, 6) is 0.509. The summed E-state index contributed by atoms with van der Waals surface area (Å²) in [4.78, 5) is 12.0. The fourth-order valence-electron chi connectivity index (χ4n) is 2.46. The van der Waals surface area contributed by atoms with Crippen LogP contribution < -0.4 is 10.2 Å². The van der Waals surface area contributed by atoms with Gasteiger partial charge in [-0.05, 0) is 75.1 Å². The fourth-order valence-corrected chi connectivity index (χ4v) is 3.23. The van der Waals surface area contributed by atoms with Gasteiger partial charge in [-0.1, -0.05) is 47.5 Å². The molecule has 148 valence electrons. The number of nitrogens with one attached hydrogen (secondary N) is 1. The Morgan fingerprint density at radius 1 is 0.966 bits per heavy atom. The van der Waals surface area contributed by atoms with Crippen LogP contribution in [0, 0.1) is 0 Å². The molecule has 1 N–H and O–H groups in total. The zero-order valence-electron chi connectivity index (χ0n) is 15.2. The maximum Gasteiger partial charge on any atom is 0.244 e. The van der Waals surface area contributed by atoms with Crippen LogP contribution in [0.2, 0.25) is 10.0 Å². The van der Waals surface area contributed by atoms with Crippen LogP contribution in [0.1, 0.15) is 16.7 Å². The van der Waals surface area contributed by atoms with Crippen molar-refractivity contribution >= 4 is 51.3 Å². The molecule has 0 fully saturated rings. The Hall–Kier alpha value is -2.34. The molecule has 1 amide bonds. The van der Waals surface area contributed by atoms with E-state index in [9.17, 15) is 4.79 Å². The minimum absolute atomic E-state index is 0.203. The molecular formula is C22H17BrCl2N2O2. The molecule has 0 saturated carbocycles. The molecule has 0 unspecified atom stereocenters. The quantitative estimate of drug-likeness (QED) is 0.324. The van der Waals surface area contributed by atoms with Crippen LogP contribution in [0.4, 0.5) is 0 Å². The third kappa shape index (κ3) is 6.89. The first-order chi connectivity index (χ1) is 14.0. The highest BCUT2D eigenvalue weighted by molar-refractivity contribution is 9.10. The number of hydrazone groups is 1. The zero-order valence-corrected chi connectivity index (χ0v) is 18.3. The first kappa shape index (κ1) is 21.4. The molecular weight excluding hydrogens is 475 g/mol. The van der Waals surface area contributed by atoms with E-state index in [0.717, 1.165) is 21.2 Å². The SMILES string of the molecule is O=C(Cc1ccc(Cl)cc1)N/N=C\c1ccc(OCc2ccc(Cl)cc2)c(Br)c1. The van der Waals surface area contributed by atoms with Crippen molar-refractivity contribution in [1.29, 1.82) is 0 Å². The van der Waals surface area contributed by atoms with Crippen LogP contribution in [-0.2, 0) is 17.8 Å². The molecule has 29 heavy (non-hydrogen) atoms. The van der Waals surface area contributed by atoms with Crippen molar-refractivity contribution in [2.75, 3.05) is 0 Å². The minimum atomic E-state index is -0.203. The maximum absolute atomic E-state index is 12.0. The van der Waals surface area contributed by atoms with Gasteiger partial charge >= 0.3 is 0 Å². The van der Waals surface area contributed by atoms with E-state index in [-0.39, 0.29) is 12.3 Å². The average Bonchev–Trinajstić information content (AvgIpc) is 2.70. The van der Waals surface area contributed by atoms with E-state index in [2.05, 4.69) is 26.5 Å². The third-order valence-corrected chi connectivity index (χ3v) is 5.07. The van der Waals surface area contributed by atoms with Gasteiger partial charge in [-0.2, -0.15) is 5.10 Å². The fraction of sp³-hybridized carbons (Fsp3) is 0.0909. The summed E-state index contributed by atoms with van der Waals surface area (Å²) >= 11 is 15.2. The molecule has 0 aliphatic heterocycles. The number of ether oxygens (including phenoxy) is 1. The van der Waals surface area contributed by atoms with Crippen LogP contribution in [0.5, 0.6) is 5.75 Å². The molecule has 0 saturated heterocycles. The molecule has 7 heteroatoms. The van der Waals surface area contributed by atoms with Crippen molar-refractivity contribution in [2.24, 2.45) is 5.10 Å². The van der Waals surface area contributed by atoms with Gasteiger partial charge < -0.3 is 4.74 Å². The highest BCUT2D eigenvalue weighted by Crippen LogP contribution is 2.26. The second-order valence-electron chi connectivity index (χ2n) is 6.20. The standard InChI is InChI=1S/C22H17BrCl2N2O2/c23-20-11-17(5-10-21(20)29-14-16-3-8-19(25)9-4-16)13-26-27-22(28)12-15-1-6-18(24)7-2-15/h1-11,13H,12,14H2,(H,27,28)/b26-13-. The van der Waals surface area contributed by atoms with Crippen molar-refractivity contribution in [1.82, 2.24) is 5.43 Å². The van der Waals surface area contributed by atoms with E-state index in [1.54, 1.807) is 18.3 Å². The van der Waals surface area contributed by atoms with Crippen molar-refractivity contribution in [3.63, 3.8) is 0 Å². The highest BCUT2D eigenvalue weighted by Gasteiger charge is 2.04. The van der Waals surface area contributed by atoms with Gasteiger partial charge in [0.05, 0.1) is 17.1 Å². The maximum atomic E-state index is 12.0. The molecule has 0 heterocycles. The van der Waals surface area contributed by atoms with E-state index in [4.69, 9.17) is 27.9 Å². The summed E-state index contributed by atoms with van der Waals surface area (Å²) in [7, 11) is 0. The van der Waals surface area contributed by atoms with E-state index in [1.807, 2.05) is 54.6 Å². The number of benzene rings is 3. The summed E-state index contributed by atoms with van der Waals surface area (Å²) in [6.45, 7) is 0.434. The lowest BCUT2D eigenvalue weighted by molar-refractivity contribution is -0.120. The second-order valence-corrected chi connectivity index (χ2v) is 7.93. The van der Waals surface area contributed by atoms with E-state index in [0.29, 0.717) is 22.4 Å². The van der Waals surface area contributed by atoms with Gasteiger partial charge in [-0.3, -0.25) is 4.79 Å². The van der Waals surface area contributed by atoms with Gasteiger partial charge in [0.25, 0.3) is 0 Å². The normalized spacial score (nSPS) is 10.9. The number of nitrogens with zero attached hydrogens (tertiary/aromatic N) is 1. The number of hydrogen-bond acceptors (Lipinski definition) is 3. The van der Waals surface area contributed by atoms with Crippen LogP contribution in [0.15, 0.2) is 76.3 Å². The van der Waals surface area contributed by atoms with Crippen LogP contribution in [-0.4, -0.2) is 12.1 Å². The Morgan fingerprint density at radius 2 is 1.59 bits per heavy atom. The predicted molar refractivity (Wildman–Crippen MR) is 121 cm³/mol. The van der Waals surface area contributed by atoms with Crippen LogP contribution in [0.25, 0.3) is 0 Å². The number of halogens is 3. The highest BCUT2D eigenvalue weighted by atomic mass is 79.9. The van der Waals surface area contributed by atoms with Crippen molar-refractivity contribution < 1.29 is 9.53 Å². The molecule has 0 radical (unpaired) electrons.